The fraction of sp³-hybridized carbons (Fsp3) is 0.300. The molecule has 3 rings (SSSR count). The number of phenolic OH excluding ortho intramolecular Hbond substituents is 1. The van der Waals surface area contributed by atoms with Gasteiger partial charge in [0.1, 0.15) is 5.75 Å². The van der Waals surface area contributed by atoms with E-state index in [0.717, 1.165) is 40.3 Å². The van der Waals surface area contributed by atoms with Gasteiger partial charge in [-0.3, -0.25) is 0 Å². The highest BCUT2D eigenvalue weighted by Gasteiger charge is 2.15. The number of nitrogens with one attached hydrogen (secondary N) is 1. The van der Waals surface area contributed by atoms with Crippen molar-refractivity contribution in [1.82, 2.24) is 5.32 Å². The molecule has 0 fully saturated rings. The lowest BCUT2D eigenvalue weighted by Crippen LogP contribution is -2.10. The summed E-state index contributed by atoms with van der Waals surface area (Å²) in [6.45, 7) is 3.44. The summed E-state index contributed by atoms with van der Waals surface area (Å²) in [4.78, 5) is 0. The molecule has 3 aromatic rings. The first-order chi connectivity index (χ1) is 11.7. The molecule has 0 saturated heterocycles. The van der Waals surface area contributed by atoms with Crippen molar-refractivity contribution in [2.75, 3.05) is 27.3 Å². The minimum Gasteiger partial charge on any atom is -0.504 e. The van der Waals surface area contributed by atoms with E-state index in [1.54, 1.807) is 13.2 Å². The maximum absolute atomic E-state index is 10.7. The summed E-state index contributed by atoms with van der Waals surface area (Å²) in [5.74, 6) is 1.50. The van der Waals surface area contributed by atoms with Crippen LogP contribution in [0.1, 0.15) is 12.5 Å². The number of phenols is 1. The van der Waals surface area contributed by atoms with Crippen molar-refractivity contribution < 1.29 is 14.6 Å². The fourth-order valence-corrected chi connectivity index (χ4v) is 3.18. The molecule has 2 N–H and O–H groups in total. The zero-order valence-corrected chi connectivity index (χ0v) is 15.6. The SMILES string of the molecule is CCOc1ccc(CCNC)c2c1ccc1ccc(OC)c(O)c12.Cl. The van der Waals surface area contributed by atoms with Gasteiger partial charge in [-0.05, 0) is 50.0 Å². The Labute approximate surface area is 154 Å². The first kappa shape index (κ1) is 19.2. The molecule has 0 amide bonds. The molecule has 134 valence electrons. The molecule has 3 aromatic carbocycles. The van der Waals surface area contributed by atoms with Crippen LogP contribution in [0.3, 0.4) is 0 Å². The summed E-state index contributed by atoms with van der Waals surface area (Å²) in [5.41, 5.74) is 1.18. The van der Waals surface area contributed by atoms with E-state index in [1.165, 1.54) is 5.56 Å². The van der Waals surface area contributed by atoms with Crippen LogP contribution in [-0.2, 0) is 6.42 Å². The molecule has 0 saturated carbocycles. The van der Waals surface area contributed by atoms with E-state index >= 15 is 0 Å². The van der Waals surface area contributed by atoms with Gasteiger partial charge < -0.3 is 19.9 Å². The van der Waals surface area contributed by atoms with Crippen molar-refractivity contribution in [2.24, 2.45) is 0 Å². The highest BCUT2D eigenvalue weighted by molar-refractivity contribution is 6.14. The lowest BCUT2D eigenvalue weighted by atomic mass is 9.94. The van der Waals surface area contributed by atoms with Crippen LogP contribution in [0.4, 0.5) is 0 Å². The molecule has 0 aliphatic carbocycles. The van der Waals surface area contributed by atoms with Crippen LogP contribution in [0.15, 0.2) is 36.4 Å². The van der Waals surface area contributed by atoms with E-state index in [1.807, 2.05) is 32.2 Å². The number of ether oxygens (including phenoxy) is 2. The van der Waals surface area contributed by atoms with Gasteiger partial charge in [0.05, 0.1) is 13.7 Å². The third kappa shape index (κ3) is 3.46. The van der Waals surface area contributed by atoms with E-state index < -0.39 is 0 Å². The van der Waals surface area contributed by atoms with Gasteiger partial charge >= 0.3 is 0 Å². The van der Waals surface area contributed by atoms with Gasteiger partial charge in [0.25, 0.3) is 0 Å². The number of hydrogen-bond donors (Lipinski definition) is 2. The standard InChI is InChI=1S/C20H23NO3.ClH/c1-4-24-16-9-6-14(11-12-21-2)18-15(16)8-5-13-7-10-17(23-3)20(22)19(13)18;/h5-10,21-22H,4,11-12H2,1-3H3;1H. The molecular weight excluding hydrogens is 338 g/mol. The van der Waals surface area contributed by atoms with E-state index in [2.05, 4.69) is 17.4 Å². The van der Waals surface area contributed by atoms with Gasteiger partial charge in [0, 0.05) is 16.2 Å². The number of methoxy groups -OCH3 is 1. The Kier molecular flexibility index (Phi) is 6.34. The lowest BCUT2D eigenvalue weighted by molar-refractivity contribution is 0.344. The molecule has 0 spiro atoms. The Balaban J connectivity index is 0.00000225. The summed E-state index contributed by atoms with van der Waals surface area (Å²) in [6, 6.07) is 12.0. The minimum atomic E-state index is 0. The number of fused-ring (bicyclic) bond motifs is 3. The molecule has 0 atom stereocenters. The van der Waals surface area contributed by atoms with Crippen LogP contribution in [-0.4, -0.2) is 32.4 Å². The molecule has 0 aliphatic heterocycles. The number of hydrogen-bond acceptors (Lipinski definition) is 4. The van der Waals surface area contributed by atoms with Gasteiger partial charge in [-0.15, -0.1) is 12.4 Å². The smallest absolute Gasteiger partial charge is 0.166 e. The van der Waals surface area contributed by atoms with Gasteiger partial charge in [-0.25, -0.2) is 0 Å². The molecule has 25 heavy (non-hydrogen) atoms. The summed E-state index contributed by atoms with van der Waals surface area (Å²) < 4.78 is 11.1. The molecule has 0 radical (unpaired) electrons. The van der Waals surface area contributed by atoms with Gasteiger partial charge in [0.15, 0.2) is 11.5 Å². The van der Waals surface area contributed by atoms with Gasteiger partial charge in [-0.2, -0.15) is 0 Å². The fourth-order valence-electron chi connectivity index (χ4n) is 3.18. The monoisotopic (exact) mass is 361 g/mol. The minimum absolute atomic E-state index is 0. The van der Waals surface area contributed by atoms with Crippen LogP contribution >= 0.6 is 12.4 Å². The quantitative estimate of drug-likeness (QED) is 0.643. The maximum Gasteiger partial charge on any atom is 0.166 e. The lowest BCUT2D eigenvalue weighted by Gasteiger charge is -2.16. The normalized spacial score (nSPS) is 10.7. The molecule has 0 aliphatic rings. The summed E-state index contributed by atoms with van der Waals surface area (Å²) in [5, 5.41) is 17.8. The van der Waals surface area contributed by atoms with Gasteiger partial charge in [-0.1, -0.05) is 24.3 Å². The number of likely N-dealkylation sites (N-methyl/N-ethyl adjacent to an activating group) is 1. The van der Waals surface area contributed by atoms with Crippen molar-refractivity contribution in [2.45, 2.75) is 13.3 Å². The number of rotatable bonds is 6. The Morgan fingerprint density at radius 1 is 1.00 bits per heavy atom. The maximum atomic E-state index is 10.7. The predicted molar refractivity (Wildman–Crippen MR) is 106 cm³/mol. The highest BCUT2D eigenvalue weighted by atomic mass is 35.5. The van der Waals surface area contributed by atoms with Crippen LogP contribution in [0, 0.1) is 0 Å². The van der Waals surface area contributed by atoms with Crippen LogP contribution in [0.25, 0.3) is 21.5 Å². The van der Waals surface area contributed by atoms with Gasteiger partial charge in [0.2, 0.25) is 0 Å². The van der Waals surface area contributed by atoms with Crippen LogP contribution in [0.5, 0.6) is 17.2 Å². The molecule has 0 heterocycles. The van der Waals surface area contributed by atoms with Crippen LogP contribution in [0.2, 0.25) is 0 Å². The summed E-state index contributed by atoms with van der Waals surface area (Å²) in [7, 11) is 3.51. The van der Waals surface area contributed by atoms with Crippen LogP contribution < -0.4 is 14.8 Å². The van der Waals surface area contributed by atoms with E-state index in [0.29, 0.717) is 12.4 Å². The molecule has 4 nitrogen and oxygen atoms in total. The first-order valence-corrected chi connectivity index (χ1v) is 8.23. The zero-order chi connectivity index (χ0) is 17.1. The van der Waals surface area contributed by atoms with Crippen molar-refractivity contribution in [3.05, 3.63) is 42.0 Å². The Hall–Kier alpha value is -2.17. The van der Waals surface area contributed by atoms with Crippen molar-refractivity contribution in [3.8, 4) is 17.2 Å². The second-order valence-corrected chi connectivity index (χ2v) is 5.71. The van der Waals surface area contributed by atoms with E-state index in [4.69, 9.17) is 9.47 Å². The number of benzene rings is 3. The topological polar surface area (TPSA) is 50.7 Å². The third-order valence-corrected chi connectivity index (χ3v) is 4.31. The average molecular weight is 362 g/mol. The van der Waals surface area contributed by atoms with E-state index in [-0.39, 0.29) is 18.2 Å². The molecule has 0 aromatic heterocycles. The average Bonchev–Trinajstić information content (AvgIpc) is 2.61. The highest BCUT2D eigenvalue weighted by Crippen LogP contribution is 2.42. The summed E-state index contributed by atoms with van der Waals surface area (Å²) in [6.07, 6.45) is 0.870. The number of aromatic hydroxyl groups is 1. The van der Waals surface area contributed by atoms with Crippen molar-refractivity contribution >= 4 is 34.0 Å². The Morgan fingerprint density at radius 2 is 1.72 bits per heavy atom. The molecular formula is C20H24ClNO3. The summed E-state index contributed by atoms with van der Waals surface area (Å²) >= 11 is 0. The molecule has 0 unspecified atom stereocenters. The molecule has 5 heteroatoms. The van der Waals surface area contributed by atoms with Crippen molar-refractivity contribution in [1.29, 1.82) is 0 Å². The second kappa shape index (κ2) is 8.28. The first-order valence-electron chi connectivity index (χ1n) is 8.23. The van der Waals surface area contributed by atoms with E-state index in [9.17, 15) is 5.11 Å². The predicted octanol–water partition coefficient (Wildman–Crippen LogP) is 4.29. The zero-order valence-electron chi connectivity index (χ0n) is 14.8. The van der Waals surface area contributed by atoms with Crippen molar-refractivity contribution in [3.63, 3.8) is 0 Å². The largest absolute Gasteiger partial charge is 0.504 e. The number of halogens is 1. The Bertz CT molecular complexity index is 880. The molecule has 0 bridgehead atoms. The Morgan fingerprint density at radius 3 is 2.40 bits per heavy atom. The third-order valence-electron chi connectivity index (χ3n) is 4.31. The second-order valence-electron chi connectivity index (χ2n) is 5.71.